The lowest BCUT2D eigenvalue weighted by Crippen LogP contribution is -2.64. The first-order chi connectivity index (χ1) is 10.6. The Bertz CT molecular complexity index is 723. The fourth-order valence-corrected chi connectivity index (χ4v) is 3.25. The minimum atomic E-state index is -3.76. The molecule has 2 amide bonds. The molecule has 1 aliphatic heterocycles. The second-order valence-corrected chi connectivity index (χ2v) is 7.58. The molecule has 2 heterocycles. The third-order valence-electron chi connectivity index (χ3n) is 4.06. The Morgan fingerprint density at radius 1 is 1.39 bits per heavy atom. The van der Waals surface area contributed by atoms with Crippen LogP contribution in [0.4, 0.5) is 0 Å². The maximum atomic E-state index is 12.7. The number of nitrogens with zero attached hydrogens (tertiary/aromatic N) is 2. The zero-order valence-electron chi connectivity index (χ0n) is 13.6. The van der Waals surface area contributed by atoms with Crippen molar-refractivity contribution in [2.75, 3.05) is 26.7 Å². The first-order valence-corrected chi connectivity index (χ1v) is 8.77. The molecule has 1 N–H and O–H groups in total. The van der Waals surface area contributed by atoms with Gasteiger partial charge in [-0.15, -0.1) is 0 Å². The van der Waals surface area contributed by atoms with E-state index in [2.05, 4.69) is 4.72 Å². The molecule has 0 bridgehead atoms. The summed E-state index contributed by atoms with van der Waals surface area (Å²) in [5.41, 5.74) is -0.894. The predicted molar refractivity (Wildman–Crippen MR) is 82.3 cm³/mol. The van der Waals surface area contributed by atoms with Crippen LogP contribution in [0.5, 0.6) is 0 Å². The van der Waals surface area contributed by atoms with Crippen molar-refractivity contribution >= 4 is 21.8 Å². The second kappa shape index (κ2) is 5.97. The molecule has 23 heavy (non-hydrogen) atoms. The van der Waals surface area contributed by atoms with Crippen LogP contribution in [0.15, 0.2) is 21.8 Å². The van der Waals surface area contributed by atoms with Crippen LogP contribution < -0.4 is 4.72 Å². The molecule has 0 aliphatic carbocycles. The first-order valence-electron chi connectivity index (χ1n) is 7.28. The van der Waals surface area contributed by atoms with Gasteiger partial charge in [0.1, 0.15) is 11.8 Å². The molecular weight excluding hydrogens is 322 g/mol. The van der Waals surface area contributed by atoms with Gasteiger partial charge >= 0.3 is 0 Å². The largest absolute Gasteiger partial charge is 0.451 e. The number of amides is 2. The number of likely N-dealkylation sites (N-methyl/N-ethyl adjacent to an activating group) is 1. The summed E-state index contributed by atoms with van der Waals surface area (Å²) in [4.78, 5) is 28.2. The average molecular weight is 343 g/mol. The minimum Gasteiger partial charge on any atom is -0.451 e. The number of carbonyl (C=O) groups excluding carboxylic acids is 2. The van der Waals surface area contributed by atoms with Crippen molar-refractivity contribution in [2.45, 2.75) is 31.4 Å². The zero-order chi connectivity index (χ0) is 17.4. The molecule has 1 saturated heterocycles. The summed E-state index contributed by atoms with van der Waals surface area (Å²) < 4.78 is 30.5. The van der Waals surface area contributed by atoms with Crippen molar-refractivity contribution in [2.24, 2.45) is 0 Å². The van der Waals surface area contributed by atoms with E-state index in [0.29, 0.717) is 19.6 Å². The normalized spacial score (nSPS) is 18.3. The number of sulfonamides is 1. The Hall–Kier alpha value is -1.87. The minimum absolute atomic E-state index is 0.102. The van der Waals surface area contributed by atoms with E-state index < -0.39 is 21.5 Å². The van der Waals surface area contributed by atoms with Gasteiger partial charge in [-0.05, 0) is 27.8 Å². The molecule has 0 spiro atoms. The summed E-state index contributed by atoms with van der Waals surface area (Å²) in [6, 6.07) is 1.17. The number of rotatable bonds is 4. The van der Waals surface area contributed by atoms with E-state index in [0.717, 1.165) is 6.26 Å². The van der Waals surface area contributed by atoms with E-state index in [1.807, 2.05) is 6.92 Å². The molecule has 1 aromatic rings. The van der Waals surface area contributed by atoms with E-state index >= 15 is 0 Å². The highest BCUT2D eigenvalue weighted by molar-refractivity contribution is 7.89. The van der Waals surface area contributed by atoms with E-state index in [1.54, 1.807) is 18.7 Å². The fraction of sp³-hybridized carbons (Fsp3) is 0.571. The second-order valence-electron chi connectivity index (χ2n) is 5.76. The summed E-state index contributed by atoms with van der Waals surface area (Å²) >= 11 is 0. The average Bonchev–Trinajstić information content (AvgIpc) is 3.00. The third kappa shape index (κ3) is 2.98. The molecule has 1 fully saturated rings. The van der Waals surface area contributed by atoms with Crippen LogP contribution in [-0.4, -0.2) is 62.3 Å². The summed E-state index contributed by atoms with van der Waals surface area (Å²) in [5, 5.41) is -0.334. The number of hydrogen-bond donors (Lipinski definition) is 1. The van der Waals surface area contributed by atoms with E-state index in [4.69, 9.17) is 4.42 Å². The third-order valence-corrected chi connectivity index (χ3v) is 5.34. The van der Waals surface area contributed by atoms with Crippen molar-refractivity contribution in [3.8, 4) is 0 Å². The van der Waals surface area contributed by atoms with E-state index in [9.17, 15) is 18.0 Å². The maximum Gasteiger partial charge on any atom is 0.273 e. The van der Waals surface area contributed by atoms with Gasteiger partial charge in [-0.25, -0.2) is 13.1 Å². The van der Waals surface area contributed by atoms with Crippen LogP contribution in [0, 0.1) is 0 Å². The Morgan fingerprint density at radius 2 is 2.04 bits per heavy atom. The topological polar surface area (TPSA) is 99.9 Å². The molecule has 1 aliphatic rings. The summed E-state index contributed by atoms with van der Waals surface area (Å²) in [5.74, 6) is -0.563. The number of piperazine rings is 1. The first kappa shape index (κ1) is 17.5. The fourth-order valence-electron chi connectivity index (χ4n) is 2.59. The van der Waals surface area contributed by atoms with Gasteiger partial charge in [0.2, 0.25) is 11.0 Å². The van der Waals surface area contributed by atoms with Crippen molar-refractivity contribution in [3.63, 3.8) is 0 Å². The highest BCUT2D eigenvalue weighted by atomic mass is 32.2. The lowest BCUT2D eigenvalue weighted by Gasteiger charge is -2.45. The molecule has 128 valence electrons. The molecule has 0 saturated carbocycles. The Morgan fingerprint density at radius 3 is 2.61 bits per heavy atom. The Kier molecular flexibility index (Phi) is 4.54. The van der Waals surface area contributed by atoms with Crippen LogP contribution >= 0.6 is 0 Å². The van der Waals surface area contributed by atoms with Gasteiger partial charge in [0.25, 0.3) is 15.9 Å². The predicted octanol–water partition coefficient (Wildman–Crippen LogP) is 0.271. The number of furan rings is 1. The Balaban J connectivity index is 2.29. The van der Waals surface area contributed by atoms with Crippen LogP contribution in [0.1, 0.15) is 31.1 Å². The lowest BCUT2D eigenvalue weighted by atomic mass is 9.96. The summed E-state index contributed by atoms with van der Waals surface area (Å²) in [7, 11) is -2.50. The molecule has 0 aromatic carbocycles. The highest BCUT2D eigenvalue weighted by Crippen LogP contribution is 2.25. The number of carbonyl (C=O) groups is 2. The van der Waals surface area contributed by atoms with E-state index in [1.165, 1.54) is 18.0 Å². The van der Waals surface area contributed by atoms with Crippen LogP contribution in [0.3, 0.4) is 0 Å². The molecule has 0 radical (unpaired) electrons. The van der Waals surface area contributed by atoms with Gasteiger partial charge in [-0.1, -0.05) is 0 Å². The smallest absolute Gasteiger partial charge is 0.273 e. The molecule has 0 atom stereocenters. The van der Waals surface area contributed by atoms with Gasteiger partial charge in [-0.2, -0.15) is 0 Å². The standard InChI is InChI=1S/C14H21N3O5S/c1-5-16-6-7-17(14(2,3)13(16)19)12(18)10-8-11(22-9-10)23(20,21)15-4/h8-9,15H,5-7H2,1-4H3. The van der Waals surface area contributed by atoms with Crippen LogP contribution in [0.2, 0.25) is 0 Å². The van der Waals surface area contributed by atoms with Gasteiger partial charge < -0.3 is 14.2 Å². The van der Waals surface area contributed by atoms with Crippen molar-refractivity contribution in [3.05, 3.63) is 17.9 Å². The lowest BCUT2D eigenvalue weighted by molar-refractivity contribution is -0.146. The Labute approximate surface area is 135 Å². The molecule has 9 heteroatoms. The van der Waals surface area contributed by atoms with Crippen LogP contribution in [0.25, 0.3) is 0 Å². The van der Waals surface area contributed by atoms with Gasteiger partial charge in [-0.3, -0.25) is 9.59 Å². The summed E-state index contributed by atoms with van der Waals surface area (Å²) in [6.45, 7) is 6.66. The van der Waals surface area contributed by atoms with Crippen molar-refractivity contribution in [1.82, 2.24) is 14.5 Å². The van der Waals surface area contributed by atoms with Gasteiger partial charge in [0.15, 0.2) is 0 Å². The molecule has 2 rings (SSSR count). The van der Waals surface area contributed by atoms with Gasteiger partial charge in [0, 0.05) is 25.7 Å². The van der Waals surface area contributed by atoms with Crippen LogP contribution in [-0.2, 0) is 14.8 Å². The maximum absolute atomic E-state index is 12.7. The monoisotopic (exact) mass is 343 g/mol. The van der Waals surface area contributed by atoms with Crippen molar-refractivity contribution < 1.29 is 22.4 Å². The molecule has 0 unspecified atom stereocenters. The van der Waals surface area contributed by atoms with Crippen molar-refractivity contribution in [1.29, 1.82) is 0 Å². The van der Waals surface area contributed by atoms with Gasteiger partial charge in [0.05, 0.1) is 5.56 Å². The quantitative estimate of drug-likeness (QED) is 0.846. The van der Waals surface area contributed by atoms with E-state index in [-0.39, 0.29) is 16.6 Å². The number of hydrogen-bond acceptors (Lipinski definition) is 5. The molecule has 8 nitrogen and oxygen atoms in total. The highest BCUT2D eigenvalue weighted by Gasteiger charge is 2.44. The zero-order valence-corrected chi connectivity index (χ0v) is 14.4. The molecule has 1 aromatic heterocycles. The molecular formula is C14H21N3O5S. The summed E-state index contributed by atoms with van der Waals surface area (Å²) in [6.07, 6.45) is 1.10. The SMILES string of the molecule is CCN1CCN(C(=O)c2coc(S(=O)(=O)NC)c2)C(C)(C)C1=O. The number of nitrogens with one attached hydrogen (secondary N) is 1.